The van der Waals surface area contributed by atoms with Gasteiger partial charge in [-0.2, -0.15) is 0 Å². The Morgan fingerprint density at radius 3 is 2.38 bits per heavy atom. The second kappa shape index (κ2) is 5.00. The third-order valence-corrected chi connectivity index (χ3v) is 6.71. The summed E-state index contributed by atoms with van der Waals surface area (Å²) in [5.74, 6) is 2.22. The molecule has 0 aliphatic heterocycles. The molecule has 16 heavy (non-hydrogen) atoms. The molecule has 1 saturated carbocycles. The predicted molar refractivity (Wildman–Crippen MR) is 65.0 cm³/mol. The lowest BCUT2D eigenvalue weighted by atomic mass is 9.95. The average Bonchev–Trinajstić information content (AvgIpc) is 2.93. The molecule has 0 N–H and O–H groups in total. The van der Waals surface area contributed by atoms with Gasteiger partial charge in [0.05, 0.1) is 0 Å². The number of hydrogen-bond acceptors (Lipinski definition) is 3. The minimum Gasteiger partial charge on any atom is -0.377 e. The maximum atomic E-state index is 5.97. The molecule has 3 unspecified atom stereocenters. The Hall–Kier alpha value is -0.163. The number of hydrogen-bond donors (Lipinski definition) is 0. The van der Waals surface area contributed by atoms with Gasteiger partial charge in [0.1, 0.15) is 0 Å². The van der Waals surface area contributed by atoms with Gasteiger partial charge in [0, 0.05) is 26.9 Å². The van der Waals surface area contributed by atoms with Gasteiger partial charge in [0.15, 0.2) is 0 Å². The van der Waals surface area contributed by atoms with E-state index >= 15 is 0 Å². The molecule has 0 aromatic heterocycles. The van der Waals surface area contributed by atoms with E-state index in [9.17, 15) is 0 Å². The normalized spacial score (nSPS) is 32.6. The highest BCUT2D eigenvalue weighted by Crippen LogP contribution is 2.43. The van der Waals surface area contributed by atoms with Gasteiger partial charge in [-0.05, 0) is 30.6 Å². The van der Waals surface area contributed by atoms with E-state index in [1.54, 1.807) is 14.2 Å². The highest BCUT2D eigenvalue weighted by molar-refractivity contribution is 6.60. The quantitative estimate of drug-likeness (QED) is 0.529. The monoisotopic (exact) mass is 242 g/mol. The predicted octanol–water partition coefficient (Wildman–Crippen LogP) is 2.47. The van der Waals surface area contributed by atoms with Crippen LogP contribution in [0.15, 0.2) is 12.2 Å². The fourth-order valence-corrected chi connectivity index (χ4v) is 4.56. The Bertz CT molecular complexity index is 255. The molecule has 4 heteroatoms. The zero-order valence-electron chi connectivity index (χ0n) is 10.4. The minimum atomic E-state index is -2.34. The smallest absolute Gasteiger partial charge is 0.377 e. The summed E-state index contributed by atoms with van der Waals surface area (Å²) < 4.78 is 16.9. The molecule has 0 aromatic rings. The van der Waals surface area contributed by atoms with Crippen molar-refractivity contribution in [3.05, 3.63) is 12.2 Å². The Balaban J connectivity index is 1.84. The van der Waals surface area contributed by atoms with Crippen molar-refractivity contribution in [3.8, 4) is 0 Å². The summed E-state index contributed by atoms with van der Waals surface area (Å²) >= 11 is 0. The third-order valence-electron chi connectivity index (χ3n) is 3.99. The van der Waals surface area contributed by atoms with Gasteiger partial charge in [0.2, 0.25) is 0 Å². The molecule has 0 amide bonds. The first-order valence-electron chi connectivity index (χ1n) is 6.15. The largest absolute Gasteiger partial charge is 0.500 e. The van der Waals surface area contributed by atoms with Crippen molar-refractivity contribution < 1.29 is 13.3 Å². The zero-order valence-corrected chi connectivity index (χ0v) is 11.4. The molecule has 0 saturated heterocycles. The van der Waals surface area contributed by atoms with E-state index in [4.69, 9.17) is 13.3 Å². The van der Waals surface area contributed by atoms with E-state index < -0.39 is 8.80 Å². The second-order valence-corrected chi connectivity index (χ2v) is 7.97. The SMILES string of the molecule is CC[Si](OC)(OC)OCC1CC2C=CC1C2. The van der Waals surface area contributed by atoms with E-state index in [0.717, 1.165) is 24.5 Å². The van der Waals surface area contributed by atoms with E-state index in [0.29, 0.717) is 5.92 Å². The lowest BCUT2D eigenvalue weighted by molar-refractivity contribution is 0.0784. The van der Waals surface area contributed by atoms with Crippen LogP contribution in [0.4, 0.5) is 0 Å². The molecular weight excluding hydrogens is 220 g/mol. The Labute approximate surface area is 99.1 Å². The number of rotatable bonds is 6. The molecule has 1 fully saturated rings. The Kier molecular flexibility index (Phi) is 3.84. The van der Waals surface area contributed by atoms with Crippen molar-refractivity contribution in [2.75, 3.05) is 20.8 Å². The zero-order chi connectivity index (χ0) is 11.6. The van der Waals surface area contributed by atoms with E-state index in [1.807, 2.05) is 0 Å². The van der Waals surface area contributed by atoms with Crippen LogP contribution >= 0.6 is 0 Å². The molecule has 3 atom stereocenters. The first kappa shape index (κ1) is 12.3. The van der Waals surface area contributed by atoms with Gasteiger partial charge in [-0.1, -0.05) is 19.1 Å². The molecular formula is C12H22O3Si. The third kappa shape index (κ3) is 2.25. The van der Waals surface area contributed by atoms with Crippen LogP contribution in [0.25, 0.3) is 0 Å². The van der Waals surface area contributed by atoms with E-state index in [1.165, 1.54) is 12.8 Å². The highest BCUT2D eigenvalue weighted by atomic mass is 28.4. The molecule has 0 aromatic carbocycles. The van der Waals surface area contributed by atoms with Gasteiger partial charge in [-0.3, -0.25) is 0 Å². The lowest BCUT2D eigenvalue weighted by Crippen LogP contribution is -2.44. The number of fused-ring (bicyclic) bond motifs is 2. The summed E-state index contributed by atoms with van der Waals surface area (Å²) in [5.41, 5.74) is 0. The van der Waals surface area contributed by atoms with Crippen molar-refractivity contribution in [2.24, 2.45) is 17.8 Å². The van der Waals surface area contributed by atoms with Gasteiger partial charge in [-0.25, -0.2) is 0 Å². The molecule has 2 aliphatic rings. The van der Waals surface area contributed by atoms with Crippen LogP contribution in [0.1, 0.15) is 19.8 Å². The van der Waals surface area contributed by atoms with Crippen molar-refractivity contribution in [2.45, 2.75) is 25.8 Å². The summed E-state index contributed by atoms with van der Waals surface area (Å²) in [7, 11) is 1.05. The van der Waals surface area contributed by atoms with Crippen molar-refractivity contribution in [1.82, 2.24) is 0 Å². The van der Waals surface area contributed by atoms with Gasteiger partial charge < -0.3 is 13.3 Å². The van der Waals surface area contributed by atoms with Crippen LogP contribution in [0.5, 0.6) is 0 Å². The maximum absolute atomic E-state index is 5.97. The summed E-state index contributed by atoms with van der Waals surface area (Å²) in [6.45, 7) is 2.87. The maximum Gasteiger partial charge on any atom is 0.500 e. The molecule has 92 valence electrons. The summed E-state index contributed by atoms with van der Waals surface area (Å²) in [5, 5.41) is 0. The minimum absolute atomic E-state index is 0.679. The Morgan fingerprint density at radius 2 is 1.94 bits per heavy atom. The topological polar surface area (TPSA) is 27.7 Å². The fraction of sp³-hybridized carbons (Fsp3) is 0.833. The van der Waals surface area contributed by atoms with E-state index in [-0.39, 0.29) is 0 Å². The van der Waals surface area contributed by atoms with Gasteiger partial charge >= 0.3 is 8.80 Å². The lowest BCUT2D eigenvalue weighted by Gasteiger charge is -2.28. The molecule has 0 spiro atoms. The van der Waals surface area contributed by atoms with Gasteiger partial charge in [-0.15, -0.1) is 0 Å². The van der Waals surface area contributed by atoms with Crippen LogP contribution in [0.2, 0.25) is 6.04 Å². The van der Waals surface area contributed by atoms with E-state index in [2.05, 4.69) is 19.1 Å². The van der Waals surface area contributed by atoms with Crippen LogP contribution in [-0.2, 0) is 13.3 Å². The molecule has 0 radical (unpaired) electrons. The molecule has 2 rings (SSSR count). The summed E-state index contributed by atoms with van der Waals surface area (Å²) in [4.78, 5) is 0. The molecule has 3 nitrogen and oxygen atoms in total. The van der Waals surface area contributed by atoms with Crippen molar-refractivity contribution >= 4 is 8.80 Å². The van der Waals surface area contributed by atoms with Crippen LogP contribution in [0, 0.1) is 17.8 Å². The van der Waals surface area contributed by atoms with Crippen molar-refractivity contribution in [3.63, 3.8) is 0 Å². The average molecular weight is 242 g/mol. The first-order chi connectivity index (χ1) is 7.73. The molecule has 2 bridgehead atoms. The standard InChI is InChI=1S/C12H22O3Si/c1-4-16(13-2,14-3)15-9-12-8-10-5-6-11(12)7-10/h5-6,10-12H,4,7-9H2,1-3H3. The van der Waals surface area contributed by atoms with Gasteiger partial charge in [0.25, 0.3) is 0 Å². The first-order valence-corrected chi connectivity index (χ1v) is 8.08. The summed E-state index contributed by atoms with van der Waals surface area (Å²) in [6.07, 6.45) is 7.33. The van der Waals surface area contributed by atoms with Crippen molar-refractivity contribution in [1.29, 1.82) is 0 Å². The molecule has 2 aliphatic carbocycles. The Morgan fingerprint density at radius 1 is 1.19 bits per heavy atom. The summed E-state index contributed by atoms with van der Waals surface area (Å²) in [6, 6.07) is 0.844. The van der Waals surface area contributed by atoms with Crippen LogP contribution < -0.4 is 0 Å². The van der Waals surface area contributed by atoms with Crippen LogP contribution in [0.3, 0.4) is 0 Å². The fourth-order valence-electron chi connectivity index (χ4n) is 2.91. The molecule has 0 heterocycles. The number of allylic oxidation sites excluding steroid dienone is 2. The van der Waals surface area contributed by atoms with Crippen LogP contribution in [-0.4, -0.2) is 29.6 Å². The highest BCUT2D eigenvalue weighted by Gasteiger charge is 2.41. The second-order valence-electron chi connectivity index (χ2n) is 4.80.